The van der Waals surface area contributed by atoms with E-state index in [1.54, 1.807) is 4.90 Å². The third-order valence-electron chi connectivity index (χ3n) is 4.70. The number of benzene rings is 1. The maximum absolute atomic E-state index is 13.2. The van der Waals surface area contributed by atoms with Crippen LogP contribution >= 0.6 is 11.3 Å². The minimum absolute atomic E-state index is 0.0487. The molecule has 1 saturated heterocycles. The molecule has 3 rings (SSSR count). The van der Waals surface area contributed by atoms with Crippen molar-refractivity contribution in [3.63, 3.8) is 0 Å². The lowest BCUT2D eigenvalue weighted by molar-refractivity contribution is -0.134. The van der Waals surface area contributed by atoms with Gasteiger partial charge in [0.25, 0.3) is 5.91 Å². The second-order valence-electron chi connectivity index (χ2n) is 7.15. The molecular formula is C21H25NO3S. The Kier molecular flexibility index (Phi) is 5.89. The molecule has 0 bridgehead atoms. The molecule has 4 nitrogen and oxygen atoms in total. The molecule has 2 atom stereocenters. The van der Waals surface area contributed by atoms with Gasteiger partial charge in [-0.3, -0.25) is 9.59 Å². The van der Waals surface area contributed by atoms with Gasteiger partial charge in [-0.2, -0.15) is 0 Å². The van der Waals surface area contributed by atoms with Crippen LogP contribution < -0.4 is 4.90 Å². The number of thiophene rings is 1. The van der Waals surface area contributed by atoms with E-state index in [0.29, 0.717) is 23.1 Å². The lowest BCUT2D eigenvalue weighted by atomic mass is 9.99. The first-order valence-electron chi connectivity index (χ1n) is 9.10. The Balaban J connectivity index is 1.94. The van der Waals surface area contributed by atoms with Gasteiger partial charge in [0.2, 0.25) is 0 Å². The molecule has 1 aliphatic rings. The fourth-order valence-corrected chi connectivity index (χ4v) is 4.27. The van der Waals surface area contributed by atoms with Gasteiger partial charge in [-0.1, -0.05) is 37.3 Å². The topological polar surface area (TPSA) is 46.6 Å². The van der Waals surface area contributed by atoms with Gasteiger partial charge >= 0.3 is 0 Å². The summed E-state index contributed by atoms with van der Waals surface area (Å²) in [5.74, 6) is 0.440. The number of hydrogen-bond acceptors (Lipinski definition) is 4. The maximum Gasteiger partial charge on any atom is 0.256 e. The summed E-state index contributed by atoms with van der Waals surface area (Å²) >= 11 is 1.42. The molecule has 2 aromatic rings. The number of rotatable bonds is 5. The van der Waals surface area contributed by atoms with E-state index < -0.39 is 6.10 Å². The number of hydrogen-bond donors (Lipinski definition) is 0. The number of carbonyl (C=O) groups is 2. The van der Waals surface area contributed by atoms with Crippen molar-refractivity contribution in [3.8, 4) is 10.4 Å². The minimum atomic E-state index is -0.423. The van der Waals surface area contributed by atoms with Crippen LogP contribution in [0.25, 0.3) is 10.4 Å². The molecule has 5 heteroatoms. The van der Waals surface area contributed by atoms with E-state index in [0.717, 1.165) is 29.6 Å². The lowest BCUT2D eigenvalue weighted by Crippen LogP contribution is -2.46. The first-order chi connectivity index (χ1) is 12.5. The van der Waals surface area contributed by atoms with Crippen LogP contribution in [-0.4, -0.2) is 30.9 Å². The molecular weight excluding hydrogens is 346 g/mol. The van der Waals surface area contributed by atoms with Crippen molar-refractivity contribution in [2.75, 3.05) is 11.5 Å². The number of nitrogens with zero attached hydrogens (tertiary/aromatic N) is 1. The Labute approximate surface area is 158 Å². The largest absolute Gasteiger partial charge is 0.368 e. The van der Waals surface area contributed by atoms with E-state index in [1.807, 2.05) is 50.2 Å². The minimum Gasteiger partial charge on any atom is -0.368 e. The monoisotopic (exact) mass is 371 g/mol. The SMILES string of the molecule is CC(C)N(C(=O)[C@H]1CC[C@H](C)CO1)c1cc(-c2ccccc2)sc1C=O. The van der Waals surface area contributed by atoms with E-state index in [4.69, 9.17) is 4.74 Å². The molecule has 0 radical (unpaired) electrons. The summed E-state index contributed by atoms with van der Waals surface area (Å²) in [4.78, 5) is 28.1. The van der Waals surface area contributed by atoms with Crippen LogP contribution in [0.2, 0.25) is 0 Å². The van der Waals surface area contributed by atoms with Crippen LogP contribution in [-0.2, 0) is 9.53 Å². The summed E-state index contributed by atoms with van der Waals surface area (Å²) in [6.07, 6.45) is 2.14. The van der Waals surface area contributed by atoms with Gasteiger partial charge in [-0.05, 0) is 44.2 Å². The molecule has 1 fully saturated rings. The zero-order chi connectivity index (χ0) is 18.7. The Morgan fingerprint density at radius 1 is 1.27 bits per heavy atom. The highest BCUT2D eigenvalue weighted by Gasteiger charge is 2.33. The van der Waals surface area contributed by atoms with Gasteiger partial charge < -0.3 is 9.64 Å². The Hall–Kier alpha value is -1.98. The van der Waals surface area contributed by atoms with Gasteiger partial charge in [0.05, 0.1) is 17.2 Å². The molecule has 0 saturated carbocycles. The van der Waals surface area contributed by atoms with Gasteiger partial charge in [0, 0.05) is 10.9 Å². The normalized spacial score (nSPS) is 20.2. The molecule has 1 aromatic carbocycles. The average Bonchev–Trinajstić information content (AvgIpc) is 3.06. The molecule has 0 N–H and O–H groups in total. The third-order valence-corrected chi connectivity index (χ3v) is 5.80. The van der Waals surface area contributed by atoms with Crippen molar-refractivity contribution in [1.82, 2.24) is 0 Å². The molecule has 1 amide bonds. The fourth-order valence-electron chi connectivity index (χ4n) is 3.30. The van der Waals surface area contributed by atoms with Crippen LogP contribution in [0.5, 0.6) is 0 Å². The second-order valence-corrected chi connectivity index (χ2v) is 8.23. The molecule has 0 aliphatic carbocycles. The smallest absolute Gasteiger partial charge is 0.256 e. The van der Waals surface area contributed by atoms with Crippen LogP contribution in [0.4, 0.5) is 5.69 Å². The van der Waals surface area contributed by atoms with Crippen molar-refractivity contribution in [3.05, 3.63) is 41.3 Å². The highest BCUT2D eigenvalue weighted by molar-refractivity contribution is 7.17. The van der Waals surface area contributed by atoms with Gasteiger partial charge in [0.1, 0.15) is 6.10 Å². The number of aldehydes is 1. The van der Waals surface area contributed by atoms with Gasteiger partial charge in [-0.15, -0.1) is 11.3 Å². The van der Waals surface area contributed by atoms with Crippen molar-refractivity contribution in [1.29, 1.82) is 0 Å². The highest BCUT2D eigenvalue weighted by Crippen LogP contribution is 2.37. The summed E-state index contributed by atoms with van der Waals surface area (Å²) in [5, 5.41) is 0. The quantitative estimate of drug-likeness (QED) is 0.710. The molecule has 1 aliphatic heterocycles. The number of amides is 1. The average molecular weight is 372 g/mol. The van der Waals surface area contributed by atoms with Crippen molar-refractivity contribution >= 4 is 29.2 Å². The second kappa shape index (κ2) is 8.14. The van der Waals surface area contributed by atoms with Gasteiger partial charge in [-0.25, -0.2) is 0 Å². The van der Waals surface area contributed by atoms with Crippen molar-refractivity contribution < 1.29 is 14.3 Å². The molecule has 138 valence electrons. The number of ether oxygens (including phenoxy) is 1. The van der Waals surface area contributed by atoms with Crippen LogP contribution in [0.1, 0.15) is 43.3 Å². The predicted molar refractivity (Wildman–Crippen MR) is 106 cm³/mol. The van der Waals surface area contributed by atoms with E-state index >= 15 is 0 Å². The number of carbonyl (C=O) groups excluding carboxylic acids is 2. The Morgan fingerprint density at radius 3 is 2.58 bits per heavy atom. The van der Waals surface area contributed by atoms with E-state index in [1.165, 1.54) is 11.3 Å². The molecule has 0 unspecified atom stereocenters. The summed E-state index contributed by atoms with van der Waals surface area (Å²) in [7, 11) is 0. The third kappa shape index (κ3) is 3.89. The van der Waals surface area contributed by atoms with E-state index in [2.05, 4.69) is 6.92 Å². The summed E-state index contributed by atoms with van der Waals surface area (Å²) in [6.45, 7) is 6.69. The van der Waals surface area contributed by atoms with E-state index in [-0.39, 0.29) is 11.9 Å². The molecule has 26 heavy (non-hydrogen) atoms. The van der Waals surface area contributed by atoms with Crippen LogP contribution in [0, 0.1) is 5.92 Å². The fraction of sp³-hybridized carbons (Fsp3) is 0.429. The molecule has 0 spiro atoms. The zero-order valence-electron chi connectivity index (χ0n) is 15.5. The Morgan fingerprint density at radius 2 is 2.00 bits per heavy atom. The summed E-state index contributed by atoms with van der Waals surface area (Å²) in [5.41, 5.74) is 1.73. The number of anilines is 1. The first kappa shape index (κ1) is 18.8. The van der Waals surface area contributed by atoms with Crippen LogP contribution in [0.3, 0.4) is 0 Å². The van der Waals surface area contributed by atoms with Gasteiger partial charge in [0.15, 0.2) is 6.29 Å². The maximum atomic E-state index is 13.2. The molecule has 2 heterocycles. The molecule has 1 aromatic heterocycles. The van der Waals surface area contributed by atoms with E-state index in [9.17, 15) is 9.59 Å². The summed E-state index contributed by atoms with van der Waals surface area (Å²) < 4.78 is 5.79. The van der Waals surface area contributed by atoms with Crippen molar-refractivity contribution in [2.24, 2.45) is 5.92 Å². The van der Waals surface area contributed by atoms with Crippen molar-refractivity contribution in [2.45, 2.75) is 45.8 Å². The highest BCUT2D eigenvalue weighted by atomic mass is 32.1. The summed E-state index contributed by atoms with van der Waals surface area (Å²) in [6, 6.07) is 11.8. The lowest BCUT2D eigenvalue weighted by Gasteiger charge is -2.33. The Bertz CT molecular complexity index is 761. The first-order valence-corrected chi connectivity index (χ1v) is 9.92. The van der Waals surface area contributed by atoms with Crippen LogP contribution in [0.15, 0.2) is 36.4 Å². The predicted octanol–water partition coefficient (Wildman–Crippen LogP) is 4.78. The zero-order valence-corrected chi connectivity index (χ0v) is 16.3. The standard InChI is InChI=1S/C21H25NO3S/c1-14(2)22(21(24)18-10-9-15(3)13-25-18)17-11-19(26-20(17)12-23)16-7-5-4-6-8-16/h4-8,11-12,14-15,18H,9-10,13H2,1-3H3/t15-,18+/m0/s1.